The number of hydrogen-bond acceptors (Lipinski definition) is 6. The van der Waals surface area contributed by atoms with Gasteiger partial charge in [0.05, 0.1) is 5.56 Å². The fourth-order valence-electron chi connectivity index (χ4n) is 7.70. The summed E-state index contributed by atoms with van der Waals surface area (Å²) in [4.78, 5) is 54.6. The number of nitrogens with zero attached hydrogens (tertiary/aromatic N) is 1. The molecule has 0 amide bonds. The number of fused-ring (bicyclic) bond motifs is 2. The predicted molar refractivity (Wildman–Crippen MR) is 274 cm³/mol. The number of alkyl halides is 1. The van der Waals surface area contributed by atoms with Gasteiger partial charge in [0.2, 0.25) is 0 Å². The number of carbonyl (C=O) groups excluding carboxylic acids is 5. The molecule has 0 aliphatic rings. The maximum Gasteiger partial charge on any atom is 0.373 e. The van der Waals surface area contributed by atoms with Crippen molar-refractivity contribution in [2.45, 2.75) is 92.1 Å². The summed E-state index contributed by atoms with van der Waals surface area (Å²) in [6.45, 7) is 20.6. The number of ketones is 2. The molecule has 8 rings (SSSR count). The third-order valence-electron chi connectivity index (χ3n) is 11.1. The van der Waals surface area contributed by atoms with Crippen LogP contribution in [0.4, 0.5) is 0 Å². The molecule has 0 unspecified atom stereocenters. The second-order valence-electron chi connectivity index (χ2n) is 18.5. The SMILES string of the molecule is CC(=O)c1ccc2[nH]cc(C)c2c1.CC(=O)c1ccc2c(c1)c(C)cn2Cc1ccc(-c2ccccc2C(C)(C)C)cc1.CC(C)(C)OC(=O)c1ccccc1-c1ccc(CBr)cc1.O=C=O. The molecule has 6 aromatic carbocycles. The number of carbonyl (C=O) groups is 3. The number of esters is 1. The third-order valence-corrected chi connectivity index (χ3v) is 11.7. The number of hydrogen-bond donors (Lipinski definition) is 1. The van der Waals surface area contributed by atoms with Crippen LogP contribution in [0.2, 0.25) is 0 Å². The van der Waals surface area contributed by atoms with Crippen LogP contribution in [0.1, 0.15) is 114 Å². The number of Topliss-reactive ketones (excluding diaryl/α,β-unsaturated/α-hetero) is 2. The van der Waals surface area contributed by atoms with Gasteiger partial charge in [-0.2, -0.15) is 9.59 Å². The van der Waals surface area contributed by atoms with Crippen molar-refractivity contribution < 1.29 is 28.7 Å². The Labute approximate surface area is 402 Å². The molecule has 2 heterocycles. The number of rotatable bonds is 8. The topological polar surface area (TPSA) is 115 Å². The van der Waals surface area contributed by atoms with Gasteiger partial charge in [0.15, 0.2) is 11.6 Å². The second-order valence-corrected chi connectivity index (χ2v) is 19.0. The van der Waals surface area contributed by atoms with Gasteiger partial charge >= 0.3 is 12.1 Å². The molecular weight excluding hydrogens is 901 g/mol. The maximum absolute atomic E-state index is 12.3. The number of aromatic amines is 1. The monoisotopic (exact) mass is 958 g/mol. The van der Waals surface area contributed by atoms with E-state index in [4.69, 9.17) is 14.3 Å². The molecule has 0 saturated heterocycles. The number of H-pyrrole nitrogens is 1. The van der Waals surface area contributed by atoms with Gasteiger partial charge in [0.25, 0.3) is 0 Å². The van der Waals surface area contributed by atoms with Gasteiger partial charge in [-0.1, -0.05) is 128 Å². The predicted octanol–water partition coefficient (Wildman–Crippen LogP) is 14.5. The number of aromatic nitrogens is 2. The lowest BCUT2D eigenvalue weighted by Crippen LogP contribution is -2.24. The molecule has 0 bridgehead atoms. The highest BCUT2D eigenvalue weighted by Crippen LogP contribution is 2.33. The zero-order valence-electron chi connectivity index (χ0n) is 40.0. The molecule has 2 aromatic heterocycles. The van der Waals surface area contributed by atoms with Crippen molar-refractivity contribution in [3.63, 3.8) is 0 Å². The van der Waals surface area contributed by atoms with Crippen LogP contribution in [0.5, 0.6) is 0 Å². The van der Waals surface area contributed by atoms with E-state index in [2.05, 4.69) is 126 Å². The summed E-state index contributed by atoms with van der Waals surface area (Å²) in [6, 6.07) is 45.0. The van der Waals surface area contributed by atoms with Crippen molar-refractivity contribution in [2.75, 3.05) is 0 Å². The summed E-state index contributed by atoms with van der Waals surface area (Å²) in [6.07, 6.45) is 4.38. The first-order valence-corrected chi connectivity index (χ1v) is 23.2. The van der Waals surface area contributed by atoms with Crippen LogP contribution in [-0.4, -0.2) is 38.8 Å². The Bertz CT molecular complexity index is 3030. The summed E-state index contributed by atoms with van der Waals surface area (Å²) < 4.78 is 7.75. The highest BCUT2D eigenvalue weighted by atomic mass is 79.9. The molecule has 0 fully saturated rings. The van der Waals surface area contributed by atoms with Gasteiger partial charge in [0.1, 0.15) is 5.60 Å². The smallest absolute Gasteiger partial charge is 0.373 e. The van der Waals surface area contributed by atoms with E-state index in [1.54, 1.807) is 13.8 Å². The first kappa shape index (κ1) is 51.1. The van der Waals surface area contributed by atoms with Crippen LogP contribution in [0.25, 0.3) is 44.1 Å². The molecule has 8 nitrogen and oxygen atoms in total. The summed E-state index contributed by atoms with van der Waals surface area (Å²) in [5, 5.41) is 3.10. The van der Waals surface area contributed by atoms with Crippen LogP contribution in [0.3, 0.4) is 0 Å². The summed E-state index contributed by atoms with van der Waals surface area (Å²) >= 11 is 3.43. The molecule has 0 radical (unpaired) electrons. The largest absolute Gasteiger partial charge is 0.456 e. The highest BCUT2D eigenvalue weighted by Gasteiger charge is 2.21. The average Bonchev–Trinajstić information content (AvgIpc) is 3.83. The molecule has 1 N–H and O–H groups in total. The molecular formula is C58H59BrN2O6. The lowest BCUT2D eigenvalue weighted by molar-refractivity contribution is -0.191. The molecule has 0 atom stereocenters. The van der Waals surface area contributed by atoms with Crippen molar-refractivity contribution in [1.29, 1.82) is 0 Å². The van der Waals surface area contributed by atoms with Gasteiger partial charge in [-0.25, -0.2) is 4.79 Å². The second kappa shape index (κ2) is 22.5. The van der Waals surface area contributed by atoms with E-state index in [1.165, 1.54) is 44.5 Å². The molecule has 0 aliphatic carbocycles. The summed E-state index contributed by atoms with van der Waals surface area (Å²) in [5.41, 5.74) is 14.7. The molecule has 67 heavy (non-hydrogen) atoms. The number of halogens is 1. The zero-order chi connectivity index (χ0) is 49.1. The fourth-order valence-corrected chi connectivity index (χ4v) is 8.07. The van der Waals surface area contributed by atoms with Crippen LogP contribution in [-0.2, 0) is 31.6 Å². The van der Waals surface area contributed by atoms with Gasteiger partial charge in [-0.05, 0) is 146 Å². The molecule has 0 saturated carbocycles. The van der Waals surface area contributed by atoms with Crippen molar-refractivity contribution >= 4 is 61.4 Å². The third kappa shape index (κ3) is 13.6. The standard InChI is InChI=1S/C28H29NO.C18H19BrO2.C11H11NO.CO2/c1-19-17-29(27-15-14-23(20(2)30)16-25(19)27)18-21-10-12-22(13-11-21)24-8-6-7-9-26(24)28(3,4)5;1-18(2,3)21-17(20)16-7-5-4-6-15(16)14-10-8-13(12-19)9-11-14;1-7-6-12-11-4-3-9(8(2)13)5-10(7)11;2-1-3/h6-17H,18H2,1-5H3;4-11H,12H2,1-3H3;3-6,12H,1-2H3;. The number of nitrogens with one attached hydrogen (secondary N) is 1. The van der Waals surface area contributed by atoms with E-state index in [1.807, 2.05) is 101 Å². The number of ether oxygens (including phenoxy) is 1. The van der Waals surface area contributed by atoms with Gasteiger partial charge in [-0.15, -0.1) is 0 Å². The Hall–Kier alpha value is -6.93. The summed E-state index contributed by atoms with van der Waals surface area (Å²) in [5.74, 6) is -0.0691. The van der Waals surface area contributed by atoms with Crippen LogP contribution in [0.15, 0.2) is 146 Å². The lowest BCUT2D eigenvalue weighted by Gasteiger charge is -2.23. The molecule has 0 aliphatic heterocycles. The highest BCUT2D eigenvalue weighted by molar-refractivity contribution is 9.08. The lowest BCUT2D eigenvalue weighted by atomic mass is 9.82. The Balaban J connectivity index is 0.000000197. The average molecular weight is 960 g/mol. The van der Waals surface area contributed by atoms with Gasteiger partial charge in [0, 0.05) is 57.2 Å². The fraction of sp³-hybridized carbons (Fsp3) is 0.241. The first-order chi connectivity index (χ1) is 31.7. The van der Waals surface area contributed by atoms with E-state index in [-0.39, 0.29) is 29.1 Å². The van der Waals surface area contributed by atoms with E-state index >= 15 is 0 Å². The van der Waals surface area contributed by atoms with Crippen molar-refractivity contribution in [2.24, 2.45) is 0 Å². The minimum atomic E-state index is -0.496. The van der Waals surface area contributed by atoms with Crippen LogP contribution < -0.4 is 0 Å². The minimum Gasteiger partial charge on any atom is -0.456 e. The van der Waals surface area contributed by atoms with Gasteiger partial charge < -0.3 is 14.3 Å². The molecule has 344 valence electrons. The van der Waals surface area contributed by atoms with Crippen molar-refractivity contribution in [1.82, 2.24) is 9.55 Å². The molecule has 9 heteroatoms. The molecule has 8 aromatic rings. The normalized spacial score (nSPS) is 11.0. The van der Waals surface area contributed by atoms with Gasteiger partial charge in [-0.3, -0.25) is 9.59 Å². The van der Waals surface area contributed by atoms with Crippen molar-refractivity contribution in [3.8, 4) is 22.3 Å². The molecule has 0 spiro atoms. The quantitative estimate of drug-likeness (QED) is 0.0921. The maximum atomic E-state index is 12.3. The van der Waals surface area contributed by atoms with E-state index in [9.17, 15) is 14.4 Å². The first-order valence-electron chi connectivity index (χ1n) is 22.1. The van der Waals surface area contributed by atoms with E-state index in [0.29, 0.717) is 5.56 Å². The number of aryl methyl sites for hydroxylation is 2. The Morgan fingerprint density at radius 1 is 0.642 bits per heavy atom. The zero-order valence-corrected chi connectivity index (χ0v) is 41.6. The minimum absolute atomic E-state index is 0.107. The Morgan fingerprint density at radius 3 is 1.73 bits per heavy atom. The van der Waals surface area contributed by atoms with Crippen molar-refractivity contribution in [3.05, 3.63) is 190 Å². The Kier molecular flexibility index (Phi) is 17.2. The Morgan fingerprint density at radius 2 is 1.16 bits per heavy atom. The van der Waals surface area contributed by atoms with Crippen LogP contribution >= 0.6 is 15.9 Å². The summed E-state index contributed by atoms with van der Waals surface area (Å²) in [7, 11) is 0. The van der Waals surface area contributed by atoms with E-state index in [0.717, 1.165) is 50.4 Å². The number of benzene rings is 6. The van der Waals surface area contributed by atoms with Crippen LogP contribution in [0, 0.1) is 13.8 Å². The van der Waals surface area contributed by atoms with E-state index < -0.39 is 5.60 Å².